The summed E-state index contributed by atoms with van der Waals surface area (Å²) in [6, 6.07) is 0. The van der Waals surface area contributed by atoms with Crippen LogP contribution in [0.2, 0.25) is 0 Å². The number of carbonyl (C=O) groups is 1. The highest BCUT2D eigenvalue weighted by atomic mass is 19.1. The Kier molecular flexibility index (Phi) is 2.58. The number of nitrogens with one attached hydrogen (secondary N) is 1. The molecule has 1 aliphatic heterocycles. The first-order valence-electron chi connectivity index (χ1n) is 5.25. The second kappa shape index (κ2) is 3.63. The molecule has 0 unspecified atom stereocenters. The van der Waals surface area contributed by atoms with Crippen molar-refractivity contribution in [2.24, 2.45) is 0 Å². The molecule has 0 bridgehead atoms. The predicted octanol–water partition coefficient (Wildman–Crippen LogP) is 1.39. The van der Waals surface area contributed by atoms with Crippen LogP contribution in [0.5, 0.6) is 0 Å². The smallest absolute Gasteiger partial charge is 0.408 e. The molecule has 3 atom stereocenters. The number of rotatable bonds is 2. The van der Waals surface area contributed by atoms with Crippen molar-refractivity contribution in [3.63, 3.8) is 0 Å². The van der Waals surface area contributed by atoms with Crippen LogP contribution in [0.25, 0.3) is 0 Å². The van der Waals surface area contributed by atoms with E-state index in [0.29, 0.717) is 0 Å². The molecule has 1 N–H and O–H groups in total. The molecule has 0 aromatic heterocycles. The van der Waals surface area contributed by atoms with Gasteiger partial charge in [0.15, 0.2) is 12.3 Å². The first-order valence-corrected chi connectivity index (χ1v) is 5.25. The third-order valence-corrected chi connectivity index (χ3v) is 2.99. The molecule has 1 heterocycles. The molecule has 0 aromatic carbocycles. The van der Waals surface area contributed by atoms with Gasteiger partial charge in [-0.3, -0.25) is 0 Å². The van der Waals surface area contributed by atoms with E-state index >= 15 is 0 Å². The van der Waals surface area contributed by atoms with Crippen molar-refractivity contribution >= 4 is 6.09 Å². The Morgan fingerprint density at radius 2 is 2.27 bits per heavy atom. The van der Waals surface area contributed by atoms with Crippen LogP contribution < -0.4 is 5.32 Å². The summed E-state index contributed by atoms with van der Waals surface area (Å²) in [4.78, 5) is 11.4. The minimum atomic E-state index is -1.22. The fraction of sp³-hybridized carbons (Fsp3) is 0.900. The fourth-order valence-corrected chi connectivity index (χ4v) is 1.56. The van der Waals surface area contributed by atoms with Gasteiger partial charge in [0.25, 0.3) is 0 Å². The third-order valence-electron chi connectivity index (χ3n) is 2.99. The molecule has 15 heavy (non-hydrogen) atoms. The average molecular weight is 217 g/mol. The van der Waals surface area contributed by atoms with E-state index in [1.807, 2.05) is 6.92 Å². The highest BCUT2D eigenvalue weighted by Gasteiger charge is 2.42. The number of hydrogen-bond acceptors (Lipinski definition) is 3. The zero-order valence-corrected chi connectivity index (χ0v) is 8.96. The quantitative estimate of drug-likeness (QED) is 0.760. The third kappa shape index (κ3) is 2.40. The summed E-state index contributed by atoms with van der Waals surface area (Å²) < 4.78 is 23.4. The largest absolute Gasteiger partial charge is 0.441 e. The number of halogens is 1. The lowest BCUT2D eigenvalue weighted by Gasteiger charge is -2.16. The van der Waals surface area contributed by atoms with Crippen molar-refractivity contribution in [2.75, 3.05) is 6.61 Å². The molecular weight excluding hydrogens is 201 g/mol. The van der Waals surface area contributed by atoms with Crippen molar-refractivity contribution in [3.8, 4) is 0 Å². The summed E-state index contributed by atoms with van der Waals surface area (Å²) in [5.74, 6) is 0. The SMILES string of the molecule is C[C@H]1OC[C@@H](OC(=O)NC2(C)CC2)[C@H]1F. The molecule has 0 radical (unpaired) electrons. The Bertz CT molecular complexity index is 267. The predicted molar refractivity (Wildman–Crippen MR) is 51.4 cm³/mol. The van der Waals surface area contributed by atoms with E-state index in [-0.39, 0.29) is 12.1 Å². The van der Waals surface area contributed by atoms with Crippen molar-refractivity contribution in [3.05, 3.63) is 0 Å². The Morgan fingerprint density at radius 3 is 2.73 bits per heavy atom. The summed E-state index contributed by atoms with van der Waals surface area (Å²) in [7, 11) is 0. The number of carbonyl (C=O) groups excluding carboxylic acids is 1. The molecule has 0 spiro atoms. The first kappa shape index (κ1) is 10.7. The Hall–Kier alpha value is -0.840. The lowest BCUT2D eigenvalue weighted by Crippen LogP contribution is -2.39. The van der Waals surface area contributed by atoms with Gasteiger partial charge in [-0.1, -0.05) is 0 Å². The molecule has 86 valence electrons. The van der Waals surface area contributed by atoms with E-state index < -0.39 is 24.5 Å². The fourth-order valence-electron chi connectivity index (χ4n) is 1.56. The van der Waals surface area contributed by atoms with Crippen LogP contribution in [-0.4, -0.2) is 36.6 Å². The molecule has 1 saturated carbocycles. The zero-order chi connectivity index (χ0) is 11.1. The zero-order valence-electron chi connectivity index (χ0n) is 8.96. The molecule has 1 amide bonds. The molecule has 2 fully saturated rings. The van der Waals surface area contributed by atoms with E-state index in [0.717, 1.165) is 12.8 Å². The van der Waals surface area contributed by atoms with E-state index in [4.69, 9.17) is 9.47 Å². The molecule has 2 aliphatic rings. The summed E-state index contributed by atoms with van der Waals surface area (Å²) in [5, 5.41) is 2.71. The van der Waals surface area contributed by atoms with E-state index in [1.165, 1.54) is 0 Å². The maximum absolute atomic E-state index is 13.4. The van der Waals surface area contributed by atoms with Crippen molar-refractivity contribution in [1.82, 2.24) is 5.32 Å². The van der Waals surface area contributed by atoms with Gasteiger partial charge in [0, 0.05) is 5.54 Å². The molecule has 5 heteroatoms. The van der Waals surface area contributed by atoms with Gasteiger partial charge in [0.1, 0.15) is 0 Å². The maximum atomic E-state index is 13.4. The molecular formula is C10H16FNO3. The van der Waals surface area contributed by atoms with Gasteiger partial charge < -0.3 is 14.8 Å². The topological polar surface area (TPSA) is 47.6 Å². The van der Waals surface area contributed by atoms with Gasteiger partial charge in [0.05, 0.1) is 12.7 Å². The molecule has 4 nitrogen and oxygen atoms in total. The minimum absolute atomic E-state index is 0.131. The van der Waals surface area contributed by atoms with Gasteiger partial charge in [-0.2, -0.15) is 0 Å². The van der Waals surface area contributed by atoms with Crippen LogP contribution in [-0.2, 0) is 9.47 Å². The number of ether oxygens (including phenoxy) is 2. The van der Waals surface area contributed by atoms with Crippen molar-refractivity contribution < 1.29 is 18.7 Å². The standard InChI is InChI=1S/C10H16FNO3/c1-6-8(11)7(5-14-6)15-9(13)12-10(2)3-4-10/h6-8H,3-5H2,1-2H3,(H,12,13)/t6-,7-,8+/m1/s1. The Morgan fingerprint density at radius 1 is 1.60 bits per heavy atom. The van der Waals surface area contributed by atoms with Crippen LogP contribution in [0.4, 0.5) is 9.18 Å². The maximum Gasteiger partial charge on any atom is 0.408 e. The second-order valence-electron chi connectivity index (χ2n) is 4.61. The van der Waals surface area contributed by atoms with E-state index in [9.17, 15) is 9.18 Å². The summed E-state index contributed by atoms with van der Waals surface area (Å²) in [6.45, 7) is 3.72. The van der Waals surface area contributed by atoms with Gasteiger partial charge in [-0.05, 0) is 26.7 Å². The summed E-state index contributed by atoms with van der Waals surface area (Å²) in [5.41, 5.74) is -0.131. The van der Waals surface area contributed by atoms with Crippen LogP contribution in [0.3, 0.4) is 0 Å². The highest BCUT2D eigenvalue weighted by Crippen LogP contribution is 2.34. The Labute approximate surface area is 88.1 Å². The number of alkyl carbamates (subject to hydrolysis) is 1. The molecule has 2 rings (SSSR count). The number of alkyl halides is 1. The van der Waals surface area contributed by atoms with Gasteiger partial charge in [0.2, 0.25) is 0 Å². The van der Waals surface area contributed by atoms with Crippen LogP contribution in [0, 0.1) is 0 Å². The summed E-state index contributed by atoms with van der Waals surface area (Å²) >= 11 is 0. The van der Waals surface area contributed by atoms with Gasteiger partial charge in [-0.25, -0.2) is 9.18 Å². The lowest BCUT2D eigenvalue weighted by atomic mass is 10.2. The van der Waals surface area contributed by atoms with Crippen molar-refractivity contribution in [2.45, 2.75) is 50.6 Å². The van der Waals surface area contributed by atoms with Crippen LogP contribution >= 0.6 is 0 Å². The normalized spacial score (nSPS) is 37.4. The monoisotopic (exact) mass is 217 g/mol. The number of hydrogen-bond donors (Lipinski definition) is 1. The molecule has 0 aromatic rings. The Balaban J connectivity index is 1.79. The number of amides is 1. The average Bonchev–Trinajstić information content (AvgIpc) is 2.80. The molecule has 1 saturated heterocycles. The van der Waals surface area contributed by atoms with Crippen LogP contribution in [0.1, 0.15) is 26.7 Å². The first-order chi connectivity index (χ1) is 7.00. The van der Waals surface area contributed by atoms with Crippen molar-refractivity contribution in [1.29, 1.82) is 0 Å². The lowest BCUT2D eigenvalue weighted by molar-refractivity contribution is 0.0607. The minimum Gasteiger partial charge on any atom is -0.441 e. The van der Waals surface area contributed by atoms with Gasteiger partial charge >= 0.3 is 6.09 Å². The van der Waals surface area contributed by atoms with Gasteiger partial charge in [-0.15, -0.1) is 0 Å². The van der Waals surface area contributed by atoms with E-state index in [1.54, 1.807) is 6.92 Å². The van der Waals surface area contributed by atoms with Crippen LogP contribution in [0.15, 0.2) is 0 Å². The van der Waals surface area contributed by atoms with E-state index in [2.05, 4.69) is 5.32 Å². The second-order valence-corrected chi connectivity index (χ2v) is 4.61. The summed E-state index contributed by atoms with van der Waals surface area (Å²) in [6.07, 6.45) is -1.10. The molecule has 1 aliphatic carbocycles. The highest BCUT2D eigenvalue weighted by molar-refractivity contribution is 5.69.